The molecule has 30 heavy (non-hydrogen) atoms. The summed E-state index contributed by atoms with van der Waals surface area (Å²) in [7, 11) is -2.83. The lowest BCUT2D eigenvalue weighted by Gasteiger charge is -2.53. The average molecular weight is 447 g/mol. The number of fused-ring (bicyclic) bond motifs is 1. The Morgan fingerprint density at radius 3 is 2.33 bits per heavy atom. The highest BCUT2D eigenvalue weighted by molar-refractivity contribution is 6.74. The maximum absolute atomic E-state index is 11.6. The molecular formula is C24H38O4Si2. The third-order valence-electron chi connectivity index (χ3n) is 6.09. The quantitative estimate of drug-likeness (QED) is 0.187. The van der Waals surface area contributed by atoms with E-state index in [1.807, 2.05) is 0 Å². The van der Waals surface area contributed by atoms with Crippen molar-refractivity contribution in [2.75, 3.05) is 7.11 Å². The van der Waals surface area contributed by atoms with Gasteiger partial charge in [-0.3, -0.25) is 0 Å². The molecule has 0 radical (unpaired) electrons. The van der Waals surface area contributed by atoms with Crippen LogP contribution in [0.3, 0.4) is 0 Å². The molecule has 0 aliphatic heterocycles. The Morgan fingerprint density at radius 1 is 1.13 bits per heavy atom. The van der Waals surface area contributed by atoms with Gasteiger partial charge in [0.15, 0.2) is 22.4 Å². The van der Waals surface area contributed by atoms with Gasteiger partial charge in [-0.15, -0.1) is 0 Å². The molecule has 0 N–H and O–H groups in total. The smallest absolute Gasteiger partial charge is 0.384 e. The Morgan fingerprint density at radius 2 is 1.77 bits per heavy atom. The molecule has 0 unspecified atom stereocenters. The molecule has 0 aromatic heterocycles. The van der Waals surface area contributed by atoms with Crippen molar-refractivity contribution in [3.63, 3.8) is 0 Å². The van der Waals surface area contributed by atoms with Crippen molar-refractivity contribution in [1.29, 1.82) is 0 Å². The molecule has 1 aromatic carbocycles. The van der Waals surface area contributed by atoms with E-state index >= 15 is 0 Å². The molecule has 0 amide bonds. The second-order valence-corrected chi connectivity index (χ2v) is 19.8. The maximum atomic E-state index is 11.6. The predicted molar refractivity (Wildman–Crippen MR) is 127 cm³/mol. The van der Waals surface area contributed by atoms with E-state index in [-0.39, 0.29) is 11.0 Å². The minimum absolute atomic E-state index is 0.0391. The van der Waals surface area contributed by atoms with Crippen molar-refractivity contribution in [2.24, 2.45) is 5.92 Å². The minimum atomic E-state index is -2.19. The van der Waals surface area contributed by atoms with Crippen LogP contribution in [0.1, 0.15) is 44.7 Å². The molecule has 0 heterocycles. The van der Waals surface area contributed by atoms with E-state index in [1.54, 1.807) is 0 Å². The number of hydrogen-bond acceptors (Lipinski definition) is 4. The number of methoxy groups -OCH3 is 1. The van der Waals surface area contributed by atoms with Gasteiger partial charge in [0.2, 0.25) is 0 Å². The largest absolute Gasteiger partial charge is 0.459 e. The molecule has 0 saturated heterocycles. The van der Waals surface area contributed by atoms with Gasteiger partial charge in [-0.2, -0.15) is 0 Å². The number of rotatable bonds is 5. The molecule has 6 heteroatoms. The SMILES string of the molecule is COC(=O)C#CC[C@@H]1CCc2ccccc2[C@]1(O[Si](C)(C)C)O[Si](C)(C)C(C)(C)C. The maximum Gasteiger partial charge on any atom is 0.384 e. The van der Waals surface area contributed by atoms with Gasteiger partial charge in [-0.05, 0) is 56.2 Å². The summed E-state index contributed by atoms with van der Waals surface area (Å²) in [6.45, 7) is 17.9. The Bertz CT molecular complexity index is 824. The lowest BCUT2D eigenvalue weighted by molar-refractivity contribution is -0.187. The lowest BCUT2D eigenvalue weighted by Crippen LogP contribution is -2.57. The van der Waals surface area contributed by atoms with E-state index < -0.39 is 28.4 Å². The van der Waals surface area contributed by atoms with Gasteiger partial charge >= 0.3 is 5.97 Å². The highest BCUT2D eigenvalue weighted by Gasteiger charge is 2.53. The Hall–Kier alpha value is -1.40. The highest BCUT2D eigenvalue weighted by Crippen LogP contribution is 2.51. The summed E-state index contributed by atoms with van der Waals surface area (Å²) in [4.78, 5) is 11.6. The molecule has 0 saturated carbocycles. The fraction of sp³-hybridized carbons (Fsp3) is 0.625. The number of benzene rings is 1. The van der Waals surface area contributed by atoms with Crippen molar-refractivity contribution in [1.82, 2.24) is 0 Å². The van der Waals surface area contributed by atoms with Crippen LogP contribution in [0.2, 0.25) is 37.8 Å². The summed E-state index contributed by atoms with van der Waals surface area (Å²) in [5.74, 6) is 4.35. The van der Waals surface area contributed by atoms with Crippen LogP contribution < -0.4 is 0 Å². The summed E-state index contributed by atoms with van der Waals surface area (Å²) in [6.07, 6.45) is 2.40. The van der Waals surface area contributed by atoms with Crippen molar-refractivity contribution in [3.8, 4) is 11.8 Å². The van der Waals surface area contributed by atoms with Gasteiger partial charge in [0.05, 0.1) is 7.11 Å². The molecule has 166 valence electrons. The van der Waals surface area contributed by atoms with Crippen LogP contribution in [0.25, 0.3) is 0 Å². The first-order valence-corrected chi connectivity index (χ1v) is 17.1. The Balaban J connectivity index is 2.64. The van der Waals surface area contributed by atoms with E-state index in [0.717, 1.165) is 18.4 Å². The van der Waals surface area contributed by atoms with E-state index in [2.05, 4.69) is 89.6 Å². The highest BCUT2D eigenvalue weighted by atomic mass is 28.4. The van der Waals surface area contributed by atoms with E-state index in [1.165, 1.54) is 12.7 Å². The topological polar surface area (TPSA) is 44.8 Å². The Kier molecular flexibility index (Phi) is 7.46. The number of ether oxygens (including phenoxy) is 1. The third-order valence-corrected chi connectivity index (χ3v) is 11.4. The monoisotopic (exact) mass is 446 g/mol. The van der Waals surface area contributed by atoms with E-state index in [4.69, 9.17) is 13.6 Å². The molecule has 1 aliphatic carbocycles. The first-order valence-electron chi connectivity index (χ1n) is 10.8. The molecule has 0 fully saturated rings. The summed E-state index contributed by atoms with van der Waals surface area (Å²) in [5.41, 5.74) is 2.42. The second-order valence-electron chi connectivity index (χ2n) is 10.6. The van der Waals surface area contributed by atoms with Crippen LogP contribution in [-0.2, 0) is 30.6 Å². The first-order chi connectivity index (χ1) is 13.7. The number of hydrogen-bond donors (Lipinski definition) is 0. The number of aryl methyl sites for hydroxylation is 1. The van der Waals surface area contributed by atoms with Crippen LogP contribution in [0.4, 0.5) is 0 Å². The molecule has 1 aliphatic rings. The summed E-state index contributed by atoms with van der Waals surface area (Å²) >= 11 is 0. The fourth-order valence-corrected chi connectivity index (χ4v) is 6.33. The normalized spacial score (nSPS) is 22.0. The zero-order valence-corrected chi connectivity index (χ0v) is 22.1. The zero-order valence-electron chi connectivity index (χ0n) is 20.1. The van der Waals surface area contributed by atoms with Gasteiger partial charge in [0, 0.05) is 23.8 Å². The van der Waals surface area contributed by atoms with E-state index in [9.17, 15) is 4.79 Å². The molecule has 2 rings (SSSR count). The van der Waals surface area contributed by atoms with Crippen LogP contribution in [0, 0.1) is 17.8 Å². The van der Waals surface area contributed by atoms with Crippen LogP contribution in [-0.4, -0.2) is 29.7 Å². The van der Waals surface area contributed by atoms with Crippen LogP contribution >= 0.6 is 0 Å². The summed E-state index contributed by atoms with van der Waals surface area (Å²) < 4.78 is 18.9. The average Bonchev–Trinajstić information content (AvgIpc) is 2.61. The third kappa shape index (κ3) is 5.64. The van der Waals surface area contributed by atoms with Crippen LogP contribution in [0.5, 0.6) is 0 Å². The van der Waals surface area contributed by atoms with Crippen molar-refractivity contribution < 1.29 is 18.4 Å². The van der Waals surface area contributed by atoms with Gasteiger partial charge in [-0.25, -0.2) is 4.79 Å². The van der Waals surface area contributed by atoms with Gasteiger partial charge < -0.3 is 13.6 Å². The summed E-state index contributed by atoms with van der Waals surface area (Å²) in [6, 6.07) is 8.49. The molecular weight excluding hydrogens is 408 g/mol. The van der Waals surface area contributed by atoms with Gasteiger partial charge in [-0.1, -0.05) is 51.0 Å². The number of esters is 1. The van der Waals surface area contributed by atoms with Gasteiger partial charge in [0.1, 0.15) is 0 Å². The molecule has 4 nitrogen and oxygen atoms in total. The van der Waals surface area contributed by atoms with Crippen LogP contribution in [0.15, 0.2) is 24.3 Å². The molecule has 0 spiro atoms. The predicted octanol–water partition coefficient (Wildman–Crippen LogP) is 5.84. The van der Waals surface area contributed by atoms with Crippen molar-refractivity contribution >= 4 is 22.6 Å². The van der Waals surface area contributed by atoms with Gasteiger partial charge in [0.25, 0.3) is 0 Å². The minimum Gasteiger partial charge on any atom is -0.459 e. The summed E-state index contributed by atoms with van der Waals surface area (Å²) in [5, 5.41) is 0.0391. The van der Waals surface area contributed by atoms with Crippen molar-refractivity contribution in [3.05, 3.63) is 35.4 Å². The molecule has 0 bridgehead atoms. The lowest BCUT2D eigenvalue weighted by atomic mass is 9.77. The van der Waals surface area contributed by atoms with Crippen molar-refractivity contribution in [2.45, 2.75) is 83.6 Å². The molecule has 2 atom stereocenters. The fourth-order valence-electron chi connectivity index (χ4n) is 3.64. The zero-order chi connectivity index (χ0) is 22.8. The number of carbonyl (C=O) groups excluding carboxylic acids is 1. The Labute approximate surface area is 185 Å². The second kappa shape index (κ2) is 9.00. The first kappa shape index (κ1) is 24.9. The molecule has 1 aromatic rings. The van der Waals surface area contributed by atoms with E-state index in [0.29, 0.717) is 6.42 Å². The standard InChI is InChI=1S/C24H38O4Si2/c1-23(2,3)30(8,9)28-24(27-29(5,6)7)20(14-12-16-22(25)26-4)18-17-19-13-10-11-15-21(19)24/h10-11,13,15,20H,14,17-18H2,1-9H3/t20-,24-/m1/s1. The number of carbonyl (C=O) groups is 1.